The maximum Gasteiger partial charge on any atom is 0.511 e. The SMILES string of the molecule is Cn1cc(-c2ccc(-c3ccc4ncc5c(c4c3)n([C@@H]3CCCN(S(=O)(=O)C(F)(F)F)C3)c(=O)n5C)cn2)cn1. The van der Waals surface area contributed by atoms with Crippen molar-refractivity contribution in [1.82, 2.24) is 33.2 Å². The molecule has 1 aromatic carbocycles. The van der Waals surface area contributed by atoms with Crippen LogP contribution in [0.2, 0.25) is 0 Å². The molecule has 5 aromatic rings. The predicted molar refractivity (Wildman–Crippen MR) is 143 cm³/mol. The number of imidazole rings is 1. The summed E-state index contributed by atoms with van der Waals surface area (Å²) in [6.07, 6.45) is 7.41. The molecular weight excluding hydrogens is 547 g/mol. The molecule has 1 saturated heterocycles. The van der Waals surface area contributed by atoms with Gasteiger partial charge in [0.1, 0.15) is 0 Å². The van der Waals surface area contributed by atoms with Gasteiger partial charge < -0.3 is 0 Å². The molecule has 14 heteroatoms. The van der Waals surface area contributed by atoms with Crippen LogP contribution in [0.3, 0.4) is 0 Å². The van der Waals surface area contributed by atoms with Gasteiger partial charge in [-0.1, -0.05) is 12.1 Å². The van der Waals surface area contributed by atoms with Gasteiger partial charge in [0.15, 0.2) is 0 Å². The summed E-state index contributed by atoms with van der Waals surface area (Å²) >= 11 is 0. The summed E-state index contributed by atoms with van der Waals surface area (Å²) in [5.41, 5.74) is -1.03. The third kappa shape index (κ3) is 4.18. The van der Waals surface area contributed by atoms with Gasteiger partial charge in [-0.2, -0.15) is 22.6 Å². The van der Waals surface area contributed by atoms with E-state index in [1.807, 2.05) is 43.6 Å². The molecule has 10 nitrogen and oxygen atoms in total. The Morgan fingerprint density at radius 1 is 0.975 bits per heavy atom. The lowest BCUT2D eigenvalue weighted by atomic mass is 10.0. The first kappa shape index (κ1) is 26.2. The van der Waals surface area contributed by atoms with E-state index in [1.165, 1.54) is 9.13 Å². The minimum Gasteiger partial charge on any atom is -0.293 e. The Bertz CT molecular complexity index is 1930. The number of alkyl halides is 3. The highest BCUT2D eigenvalue weighted by molar-refractivity contribution is 7.90. The van der Waals surface area contributed by atoms with E-state index in [9.17, 15) is 26.4 Å². The van der Waals surface area contributed by atoms with E-state index in [4.69, 9.17) is 0 Å². The number of aryl methyl sites for hydroxylation is 2. The lowest BCUT2D eigenvalue weighted by molar-refractivity contribution is -0.0497. The van der Waals surface area contributed by atoms with Gasteiger partial charge >= 0.3 is 21.2 Å². The van der Waals surface area contributed by atoms with Crippen LogP contribution >= 0.6 is 0 Å². The zero-order chi connectivity index (χ0) is 28.4. The van der Waals surface area contributed by atoms with E-state index in [0.717, 1.165) is 22.4 Å². The van der Waals surface area contributed by atoms with Crippen LogP contribution in [0.1, 0.15) is 18.9 Å². The largest absolute Gasteiger partial charge is 0.511 e. The van der Waals surface area contributed by atoms with E-state index in [0.29, 0.717) is 32.7 Å². The Hall–Kier alpha value is -4.04. The Labute approximate surface area is 226 Å². The van der Waals surface area contributed by atoms with Crippen molar-refractivity contribution in [2.45, 2.75) is 24.4 Å². The molecule has 6 rings (SSSR count). The van der Waals surface area contributed by atoms with E-state index >= 15 is 0 Å². The molecule has 0 aliphatic carbocycles. The van der Waals surface area contributed by atoms with Crippen molar-refractivity contribution >= 4 is 32.0 Å². The molecule has 0 saturated carbocycles. The monoisotopic (exact) mass is 571 g/mol. The fourth-order valence-corrected chi connectivity index (χ4v) is 6.36. The maximum absolute atomic E-state index is 13.4. The van der Waals surface area contributed by atoms with Crippen LogP contribution in [0, 0.1) is 0 Å². The molecule has 0 unspecified atom stereocenters. The number of hydrogen-bond donors (Lipinski definition) is 0. The van der Waals surface area contributed by atoms with Crippen molar-refractivity contribution in [3.8, 4) is 22.4 Å². The van der Waals surface area contributed by atoms with Gasteiger partial charge in [0, 0.05) is 56.1 Å². The summed E-state index contributed by atoms with van der Waals surface area (Å²) in [7, 11) is -2.13. The van der Waals surface area contributed by atoms with Crippen LogP contribution < -0.4 is 5.69 Å². The summed E-state index contributed by atoms with van der Waals surface area (Å²) in [4.78, 5) is 22.5. The van der Waals surface area contributed by atoms with Gasteiger partial charge in [0.2, 0.25) is 0 Å². The first-order valence-corrected chi connectivity index (χ1v) is 13.9. The van der Waals surface area contributed by atoms with E-state index < -0.39 is 33.8 Å². The number of hydrogen-bond acceptors (Lipinski definition) is 6. The Morgan fingerprint density at radius 3 is 2.42 bits per heavy atom. The molecule has 1 atom stereocenters. The third-order valence-electron chi connectivity index (χ3n) is 7.37. The average Bonchev–Trinajstić information content (AvgIpc) is 3.48. The molecule has 0 radical (unpaired) electrons. The summed E-state index contributed by atoms with van der Waals surface area (Å²) in [6, 6.07) is 8.58. The second-order valence-electron chi connectivity index (χ2n) is 9.88. The minimum absolute atomic E-state index is 0.187. The minimum atomic E-state index is -5.52. The Balaban J connectivity index is 1.46. The van der Waals surface area contributed by atoms with Crippen LogP contribution in [0.5, 0.6) is 0 Å². The second kappa shape index (κ2) is 9.27. The fourth-order valence-electron chi connectivity index (χ4n) is 5.33. The van der Waals surface area contributed by atoms with Gasteiger partial charge in [0.25, 0.3) is 0 Å². The van der Waals surface area contributed by atoms with E-state index in [1.54, 1.807) is 30.3 Å². The number of halogens is 3. The van der Waals surface area contributed by atoms with Gasteiger partial charge in [-0.25, -0.2) is 13.2 Å². The number of aromatic nitrogens is 6. The summed E-state index contributed by atoms with van der Waals surface area (Å²) in [6.45, 7) is -0.712. The molecule has 208 valence electrons. The summed E-state index contributed by atoms with van der Waals surface area (Å²) < 4.78 is 69.1. The van der Waals surface area contributed by atoms with Crippen LogP contribution in [0.25, 0.3) is 44.3 Å². The number of nitrogens with zero attached hydrogens (tertiary/aromatic N) is 7. The molecule has 1 aliphatic rings. The summed E-state index contributed by atoms with van der Waals surface area (Å²) in [5, 5.41) is 4.80. The van der Waals surface area contributed by atoms with Crippen molar-refractivity contribution < 1.29 is 21.6 Å². The zero-order valence-electron chi connectivity index (χ0n) is 21.5. The second-order valence-corrected chi connectivity index (χ2v) is 11.8. The van der Waals surface area contributed by atoms with Gasteiger partial charge in [-0.05, 0) is 36.6 Å². The first-order chi connectivity index (χ1) is 19.0. The molecule has 1 aliphatic heterocycles. The Kier molecular flexibility index (Phi) is 6.07. The van der Waals surface area contributed by atoms with Crippen molar-refractivity contribution in [3.05, 3.63) is 65.6 Å². The van der Waals surface area contributed by atoms with Crippen molar-refractivity contribution in [1.29, 1.82) is 0 Å². The molecule has 0 spiro atoms. The zero-order valence-corrected chi connectivity index (χ0v) is 22.3. The Morgan fingerprint density at radius 2 is 1.75 bits per heavy atom. The normalized spacial score (nSPS) is 17.2. The predicted octanol–water partition coefficient (Wildman–Crippen LogP) is 3.84. The number of piperidine rings is 1. The number of sulfonamides is 1. The quantitative estimate of drug-likeness (QED) is 0.325. The summed E-state index contributed by atoms with van der Waals surface area (Å²) in [5.74, 6) is 0. The molecule has 4 aromatic heterocycles. The lowest BCUT2D eigenvalue weighted by Crippen LogP contribution is -2.47. The molecule has 40 heavy (non-hydrogen) atoms. The molecule has 0 amide bonds. The average molecular weight is 572 g/mol. The van der Waals surface area contributed by atoms with Crippen LogP contribution in [0.15, 0.2) is 59.9 Å². The smallest absolute Gasteiger partial charge is 0.293 e. The number of fused-ring (bicyclic) bond motifs is 3. The highest BCUT2D eigenvalue weighted by atomic mass is 32.2. The van der Waals surface area contributed by atoms with Crippen LogP contribution in [-0.2, 0) is 24.1 Å². The first-order valence-electron chi connectivity index (χ1n) is 12.5. The van der Waals surface area contributed by atoms with Gasteiger partial charge in [0.05, 0.1) is 40.7 Å². The maximum atomic E-state index is 13.4. The van der Waals surface area contributed by atoms with Crippen molar-refractivity contribution in [3.63, 3.8) is 0 Å². The number of rotatable bonds is 4. The number of pyridine rings is 2. The fraction of sp³-hybridized carbons (Fsp3) is 0.308. The molecule has 0 bridgehead atoms. The number of benzene rings is 1. The lowest BCUT2D eigenvalue weighted by Gasteiger charge is -2.32. The molecule has 5 heterocycles. The third-order valence-corrected chi connectivity index (χ3v) is 8.97. The van der Waals surface area contributed by atoms with Crippen LogP contribution in [0.4, 0.5) is 13.2 Å². The van der Waals surface area contributed by atoms with Crippen molar-refractivity contribution in [2.24, 2.45) is 14.1 Å². The van der Waals surface area contributed by atoms with Crippen LogP contribution in [-0.4, -0.2) is 60.2 Å². The van der Waals surface area contributed by atoms with Crippen molar-refractivity contribution in [2.75, 3.05) is 13.1 Å². The molecule has 0 N–H and O–H groups in total. The van der Waals surface area contributed by atoms with E-state index in [2.05, 4.69) is 15.1 Å². The van der Waals surface area contributed by atoms with E-state index in [-0.39, 0.29) is 13.0 Å². The van der Waals surface area contributed by atoms with Gasteiger partial charge in [-0.3, -0.25) is 23.8 Å². The highest BCUT2D eigenvalue weighted by Crippen LogP contribution is 2.35. The molecular formula is C26H24F3N7O3S. The highest BCUT2D eigenvalue weighted by Gasteiger charge is 2.51. The van der Waals surface area contributed by atoms with Gasteiger partial charge in [-0.15, -0.1) is 0 Å². The standard InChI is InChI=1S/C26H24F3N7O3S/c1-33-14-18(12-32-33)21-7-6-17(11-30-21)16-5-8-22-20(10-16)24-23(13-31-22)34(2)25(37)36(24)19-4-3-9-35(15-19)40(38,39)26(27,28)29/h5-8,10-14,19H,3-4,9,15H2,1-2H3/t19-/m1/s1. The topological polar surface area (TPSA) is 108 Å². The molecule has 1 fully saturated rings.